The third kappa shape index (κ3) is 3.05. The van der Waals surface area contributed by atoms with Gasteiger partial charge in [-0.25, -0.2) is 4.98 Å². The number of carbonyl (C=O) groups excluding carboxylic acids is 1. The lowest BCUT2D eigenvalue weighted by molar-refractivity contribution is -0.254. The molecule has 0 aliphatic heterocycles. The average Bonchev–Trinajstić information content (AvgIpc) is 2.60. The van der Waals surface area contributed by atoms with Gasteiger partial charge in [-0.05, 0) is 46.6 Å². The van der Waals surface area contributed by atoms with Crippen LogP contribution in [0.15, 0.2) is 40.9 Å². The van der Waals surface area contributed by atoms with Gasteiger partial charge in [-0.2, -0.15) is 0 Å². The predicted molar refractivity (Wildman–Crippen MR) is 97.1 cm³/mol. The van der Waals surface area contributed by atoms with E-state index in [9.17, 15) is 9.90 Å². The molecule has 1 aromatic heterocycles. The molecule has 0 amide bonds. The number of nitrogens with zero attached hydrogens (tertiary/aromatic N) is 1. The lowest BCUT2D eigenvalue weighted by atomic mass is 10.0. The maximum atomic E-state index is 11.6. The fourth-order valence-corrected chi connectivity index (χ4v) is 3.38. The topological polar surface area (TPSA) is 71.5 Å². The molecule has 0 unspecified atom stereocenters. The summed E-state index contributed by atoms with van der Waals surface area (Å²) in [5.41, 5.74) is 2.85. The number of hydrogen-bond acceptors (Lipinski definition) is 5. The van der Waals surface area contributed by atoms with E-state index in [4.69, 9.17) is 9.47 Å². The van der Waals surface area contributed by atoms with Crippen LogP contribution < -0.4 is 14.6 Å². The van der Waals surface area contributed by atoms with Crippen molar-refractivity contribution >= 4 is 32.8 Å². The van der Waals surface area contributed by atoms with Crippen molar-refractivity contribution in [2.75, 3.05) is 14.2 Å². The number of hydrogen-bond donors (Lipinski definition) is 0. The van der Waals surface area contributed by atoms with Gasteiger partial charge in [-0.3, -0.25) is 0 Å². The van der Waals surface area contributed by atoms with Gasteiger partial charge in [-0.15, -0.1) is 0 Å². The Bertz CT molecular complexity index is 985. The van der Waals surface area contributed by atoms with Crippen molar-refractivity contribution in [2.24, 2.45) is 0 Å². The number of aromatic nitrogens is 1. The van der Waals surface area contributed by atoms with Crippen LogP contribution in [0.5, 0.6) is 11.5 Å². The summed E-state index contributed by atoms with van der Waals surface area (Å²) >= 11 is 3.45. The molecule has 1 heterocycles. The number of fused-ring (bicyclic) bond motifs is 1. The lowest BCUT2D eigenvalue weighted by Gasteiger charge is -2.14. The molecule has 25 heavy (non-hydrogen) atoms. The van der Waals surface area contributed by atoms with Crippen molar-refractivity contribution in [3.8, 4) is 22.8 Å². The van der Waals surface area contributed by atoms with Gasteiger partial charge in [0.2, 0.25) is 0 Å². The van der Waals surface area contributed by atoms with Crippen molar-refractivity contribution in [1.82, 2.24) is 4.98 Å². The van der Waals surface area contributed by atoms with E-state index in [1.54, 1.807) is 32.4 Å². The molecule has 0 aliphatic carbocycles. The van der Waals surface area contributed by atoms with Crippen molar-refractivity contribution in [1.29, 1.82) is 0 Å². The number of carboxylic acid groups (broad SMARTS) is 1. The third-order valence-electron chi connectivity index (χ3n) is 3.99. The van der Waals surface area contributed by atoms with Gasteiger partial charge >= 0.3 is 0 Å². The molecule has 0 atom stereocenters. The van der Waals surface area contributed by atoms with Crippen LogP contribution in [0.25, 0.3) is 22.2 Å². The first-order chi connectivity index (χ1) is 12.0. The van der Waals surface area contributed by atoms with Crippen molar-refractivity contribution < 1.29 is 19.4 Å². The van der Waals surface area contributed by atoms with E-state index < -0.39 is 5.97 Å². The fraction of sp³-hybridized carbons (Fsp3) is 0.158. The third-order valence-corrected chi connectivity index (χ3v) is 4.58. The summed E-state index contributed by atoms with van der Waals surface area (Å²) in [4.78, 5) is 16.3. The second-order valence-electron chi connectivity index (χ2n) is 5.51. The monoisotopic (exact) mass is 400 g/mol. The van der Waals surface area contributed by atoms with Crippen LogP contribution >= 0.6 is 15.9 Å². The van der Waals surface area contributed by atoms with Crippen molar-refractivity contribution in [3.05, 3.63) is 52.0 Å². The Balaban J connectivity index is 2.31. The first kappa shape index (κ1) is 17.2. The normalized spacial score (nSPS) is 10.7. The molecule has 0 bridgehead atoms. The highest BCUT2D eigenvalue weighted by molar-refractivity contribution is 9.10. The van der Waals surface area contributed by atoms with Gasteiger partial charge in [0, 0.05) is 16.5 Å². The number of methoxy groups -OCH3 is 2. The number of ether oxygens (including phenoxy) is 2. The van der Waals surface area contributed by atoms with E-state index in [2.05, 4.69) is 20.9 Å². The zero-order valence-electron chi connectivity index (χ0n) is 13.9. The van der Waals surface area contributed by atoms with E-state index in [0.29, 0.717) is 38.1 Å². The molecule has 0 spiro atoms. The molecule has 128 valence electrons. The molecule has 0 aliphatic rings. The molecule has 0 radical (unpaired) electrons. The van der Waals surface area contributed by atoms with Crippen LogP contribution in [0.2, 0.25) is 0 Å². The predicted octanol–water partition coefficient (Wildman–Crippen LogP) is 3.35. The molecule has 3 aromatic rings. The zero-order valence-corrected chi connectivity index (χ0v) is 15.5. The Morgan fingerprint density at radius 3 is 2.56 bits per heavy atom. The lowest BCUT2D eigenvalue weighted by Crippen LogP contribution is -2.22. The number of carboxylic acids is 1. The van der Waals surface area contributed by atoms with Crippen LogP contribution in [0, 0.1) is 6.92 Å². The van der Waals surface area contributed by atoms with Crippen LogP contribution in [0.4, 0.5) is 0 Å². The quantitative estimate of drug-likeness (QED) is 0.671. The standard InChI is InChI=1S/C19H16BrNO4/c1-10-5-4-6-12-13(19(22)23)9-15(21-17(10)12)11-7-14(20)18(25-3)16(8-11)24-2/h4-9H,1-3H3,(H,22,23)/p-1. The molecule has 0 saturated heterocycles. The highest BCUT2D eigenvalue weighted by atomic mass is 79.9. The Kier molecular flexibility index (Phi) is 4.63. The molecule has 6 heteroatoms. The van der Waals surface area contributed by atoms with Crippen LogP contribution in [0.3, 0.4) is 0 Å². The molecule has 5 nitrogen and oxygen atoms in total. The minimum absolute atomic E-state index is 0.106. The van der Waals surface area contributed by atoms with E-state index in [1.807, 2.05) is 19.1 Å². The van der Waals surface area contributed by atoms with Gasteiger partial charge < -0.3 is 19.4 Å². The molecular weight excluding hydrogens is 386 g/mol. The van der Waals surface area contributed by atoms with E-state index in [0.717, 1.165) is 5.56 Å². The largest absolute Gasteiger partial charge is 0.545 e. The first-order valence-electron chi connectivity index (χ1n) is 7.50. The van der Waals surface area contributed by atoms with Gasteiger partial charge in [0.25, 0.3) is 0 Å². The summed E-state index contributed by atoms with van der Waals surface area (Å²) in [5, 5.41) is 12.2. The van der Waals surface area contributed by atoms with Gasteiger partial charge in [0.05, 0.1) is 35.9 Å². The summed E-state index contributed by atoms with van der Waals surface area (Å²) in [6.45, 7) is 1.89. The maximum absolute atomic E-state index is 11.6. The van der Waals surface area contributed by atoms with Crippen LogP contribution in [0.1, 0.15) is 15.9 Å². The smallest absolute Gasteiger partial charge is 0.174 e. The van der Waals surface area contributed by atoms with Gasteiger partial charge in [-0.1, -0.05) is 18.2 Å². The number of halogens is 1. The minimum Gasteiger partial charge on any atom is -0.545 e. The molecule has 0 fully saturated rings. The van der Waals surface area contributed by atoms with Gasteiger partial charge in [0.1, 0.15) is 0 Å². The number of aromatic carboxylic acids is 1. The number of rotatable bonds is 4. The first-order valence-corrected chi connectivity index (χ1v) is 8.29. The Morgan fingerprint density at radius 2 is 1.92 bits per heavy atom. The summed E-state index contributed by atoms with van der Waals surface area (Å²) in [6, 6.07) is 10.5. The van der Waals surface area contributed by atoms with E-state index in [1.165, 1.54) is 6.07 Å². The SMILES string of the molecule is COc1cc(-c2cc(C(=O)[O-])c3cccc(C)c3n2)cc(Br)c1OC. The summed E-state index contributed by atoms with van der Waals surface area (Å²) in [6.07, 6.45) is 0. The molecule has 3 rings (SSSR count). The number of aryl methyl sites for hydroxylation is 1. The van der Waals surface area contributed by atoms with E-state index >= 15 is 0 Å². The minimum atomic E-state index is -1.24. The molecule has 0 saturated carbocycles. The van der Waals surface area contributed by atoms with Crippen molar-refractivity contribution in [3.63, 3.8) is 0 Å². The second kappa shape index (κ2) is 6.72. The summed E-state index contributed by atoms with van der Waals surface area (Å²) in [7, 11) is 3.09. The van der Waals surface area contributed by atoms with Crippen LogP contribution in [-0.4, -0.2) is 25.2 Å². The number of carbonyl (C=O) groups is 1. The van der Waals surface area contributed by atoms with Crippen molar-refractivity contribution in [2.45, 2.75) is 6.92 Å². The Morgan fingerprint density at radius 1 is 1.16 bits per heavy atom. The molecule has 0 N–H and O–H groups in total. The zero-order chi connectivity index (χ0) is 18.1. The highest BCUT2D eigenvalue weighted by Crippen LogP contribution is 2.39. The molecule has 2 aromatic carbocycles. The Hall–Kier alpha value is -2.60. The summed E-state index contributed by atoms with van der Waals surface area (Å²) in [5.74, 6) is -0.157. The average molecular weight is 401 g/mol. The Labute approximate surface area is 153 Å². The fourth-order valence-electron chi connectivity index (χ4n) is 2.77. The number of pyridine rings is 1. The van der Waals surface area contributed by atoms with E-state index in [-0.39, 0.29) is 5.56 Å². The molecular formula is C19H15BrNO4-. The van der Waals surface area contributed by atoms with Gasteiger partial charge in [0.15, 0.2) is 11.5 Å². The maximum Gasteiger partial charge on any atom is 0.174 e. The number of benzene rings is 2. The second-order valence-corrected chi connectivity index (χ2v) is 6.36. The summed E-state index contributed by atoms with van der Waals surface area (Å²) < 4.78 is 11.4. The highest BCUT2D eigenvalue weighted by Gasteiger charge is 2.15. The van der Waals surface area contributed by atoms with Crippen LogP contribution in [-0.2, 0) is 0 Å². The number of para-hydroxylation sites is 1.